The molecule has 1 N–H and O–H groups in total. The van der Waals surface area contributed by atoms with E-state index in [0.29, 0.717) is 16.7 Å². The predicted octanol–water partition coefficient (Wildman–Crippen LogP) is 13.4. The van der Waals surface area contributed by atoms with Crippen LogP contribution in [0.1, 0.15) is 120 Å². The van der Waals surface area contributed by atoms with Crippen LogP contribution in [0.2, 0.25) is 5.04 Å². The summed E-state index contributed by atoms with van der Waals surface area (Å²) in [5.41, 5.74) is 1.97. The first-order valence-electron chi connectivity index (χ1n) is 45.9. The van der Waals surface area contributed by atoms with E-state index < -0.39 is 216 Å². The van der Waals surface area contributed by atoms with E-state index in [1.165, 1.54) is 72.8 Å². The number of carbonyl (C=O) groups excluding carboxylic acids is 9. The molecule has 0 spiro atoms. The fourth-order valence-corrected chi connectivity index (χ4v) is 21.8. The zero-order valence-electron chi connectivity index (χ0n) is 77.5. The van der Waals surface area contributed by atoms with E-state index in [1.54, 1.807) is 109 Å². The normalized spacial score (nSPS) is 24.5. The zero-order valence-corrected chi connectivity index (χ0v) is 78.5. The van der Waals surface area contributed by atoms with Crippen LogP contribution in [-0.4, -0.2) is 216 Å². The summed E-state index contributed by atoms with van der Waals surface area (Å²) in [5, 5.41) is 12.7. The SMILES string of the molecule is CC(=O)OC1[C@H](O)OC(CO[C@@H]2OC(CO[C@@H]3OC(CO[C@@H]4OC(CO[Si](c5ccccc5)(c5ccccc5)C(C)(C)C)[C@H](OC(=O)c5ccccc5)[C@H](OC(=O)c5ccccc5)C4OC(=O)c4ccccc4)[C@H](OC(=O)c4ccccc4)[C@H](OC(=O)c4ccccc4)C3OC(=O)c3ccccc3)[C@H](OCc3ccccc3)[C@@H](OCc3ccccc3)C2OCc2ccccc2)[C@H](OC(C)=O)[C@@H]1OC(C)=O. The van der Waals surface area contributed by atoms with Gasteiger partial charge in [0, 0.05) is 20.8 Å². The van der Waals surface area contributed by atoms with E-state index in [4.69, 9.17) is 94.4 Å². The summed E-state index contributed by atoms with van der Waals surface area (Å²) in [4.78, 5) is 131. The highest BCUT2D eigenvalue weighted by molar-refractivity contribution is 6.99. The molecule has 0 radical (unpaired) electrons. The molecule has 20 atom stereocenters. The minimum absolute atomic E-state index is 0.00933. The predicted molar refractivity (Wildman–Crippen MR) is 504 cm³/mol. The van der Waals surface area contributed by atoms with Crippen molar-refractivity contribution in [1.29, 1.82) is 0 Å². The zero-order chi connectivity index (χ0) is 98.1. The van der Waals surface area contributed by atoms with Gasteiger partial charge in [-0.15, -0.1) is 0 Å². The first-order chi connectivity index (χ1) is 67.9. The van der Waals surface area contributed by atoms with Crippen LogP contribution in [0.15, 0.2) is 334 Å². The minimum Gasteiger partial charge on any atom is -0.456 e. The number of hydrogen-bond donors (Lipinski definition) is 1. The third kappa shape index (κ3) is 25.7. The van der Waals surface area contributed by atoms with Crippen LogP contribution in [0.5, 0.6) is 0 Å². The summed E-state index contributed by atoms with van der Waals surface area (Å²) in [6.07, 6.45) is -35.4. The van der Waals surface area contributed by atoms with E-state index in [0.717, 1.165) is 31.1 Å². The number of ether oxygens (including phenoxy) is 19. The molecule has 4 heterocycles. The van der Waals surface area contributed by atoms with Crippen molar-refractivity contribution >= 4 is 72.4 Å². The quantitative estimate of drug-likeness (QED) is 0.0213. The Hall–Kier alpha value is -13.6. The van der Waals surface area contributed by atoms with Crippen molar-refractivity contribution in [2.45, 2.75) is 189 Å². The van der Waals surface area contributed by atoms with Crippen LogP contribution in [-0.2, 0) is 129 Å². The van der Waals surface area contributed by atoms with Gasteiger partial charge in [-0.05, 0) is 105 Å². The first-order valence-corrected chi connectivity index (χ1v) is 47.8. The van der Waals surface area contributed by atoms with Gasteiger partial charge in [-0.2, -0.15) is 0 Å². The Morgan fingerprint density at radius 2 is 0.479 bits per heavy atom. The lowest BCUT2D eigenvalue weighted by Gasteiger charge is -2.48. The molecule has 8 unspecified atom stereocenters. The van der Waals surface area contributed by atoms with E-state index in [-0.39, 0.29) is 53.2 Å². The van der Waals surface area contributed by atoms with Crippen LogP contribution in [0.3, 0.4) is 0 Å². The first kappa shape index (κ1) is 101. The van der Waals surface area contributed by atoms with E-state index >= 15 is 28.8 Å². The maximum atomic E-state index is 15.5. The molecule has 11 aromatic rings. The van der Waals surface area contributed by atoms with Crippen molar-refractivity contribution in [3.05, 3.63) is 384 Å². The van der Waals surface area contributed by atoms with Crippen LogP contribution in [0.25, 0.3) is 0 Å². The van der Waals surface area contributed by atoms with Crippen molar-refractivity contribution in [1.82, 2.24) is 0 Å². The summed E-state index contributed by atoms with van der Waals surface area (Å²) in [6, 6.07) is 93.6. The maximum absolute atomic E-state index is 15.5. The molecule has 4 fully saturated rings. The van der Waals surface area contributed by atoms with Crippen molar-refractivity contribution in [3.8, 4) is 0 Å². The van der Waals surface area contributed by atoms with E-state index in [2.05, 4.69) is 0 Å². The second-order valence-electron chi connectivity index (χ2n) is 34.6. The Morgan fingerprint density at radius 1 is 0.250 bits per heavy atom. The van der Waals surface area contributed by atoms with E-state index in [1.807, 2.05) is 172 Å². The Kier molecular flexibility index (Phi) is 34.8. The third-order valence-electron chi connectivity index (χ3n) is 23.8. The fourth-order valence-electron chi connectivity index (χ4n) is 17.3. The number of aliphatic hydroxyl groups is 1. The van der Waals surface area contributed by atoms with Crippen LogP contribution < -0.4 is 10.4 Å². The fraction of sp³-hybridized carbons (Fsp3) is 0.312. The molecule has 0 aliphatic carbocycles. The second kappa shape index (κ2) is 48.3. The van der Waals surface area contributed by atoms with Gasteiger partial charge in [-0.25, -0.2) is 28.8 Å². The van der Waals surface area contributed by atoms with E-state index in [9.17, 15) is 19.5 Å². The maximum Gasteiger partial charge on any atom is 0.338 e. The van der Waals surface area contributed by atoms with Crippen LogP contribution in [0.4, 0.5) is 0 Å². The number of rotatable bonds is 38. The Balaban J connectivity index is 0.889. The number of esters is 9. The lowest BCUT2D eigenvalue weighted by Crippen LogP contribution is -2.69. The van der Waals surface area contributed by atoms with Crippen molar-refractivity contribution in [2.75, 3.05) is 26.4 Å². The summed E-state index contributed by atoms with van der Waals surface area (Å²) in [5.74, 6) is -8.80. The molecule has 0 saturated carbocycles. The molecular formula is C109H108O30Si. The topological polar surface area (TPSA) is 358 Å². The standard InChI is InChI=1S/C109H108O30Si/c1-69(110)127-88-84(130-105(119)95(129-71(3)112)92(88)128-70(2)111)66-123-106-96(122-64-74-44-22-9-23-45-74)91(121-63-73-42-20-8-21-43-73)87(120-62-72-40-18-7-19-41-72)83(131-106)65-124-107-97(138-103(117)79-54-32-14-33-55-79)93(136-101(115)77-50-28-12-29-51-77)89(134-99(113)75-46-24-10-25-47-75)85(132-107)67-125-108-98(139-104(118)80-56-34-15-35-57-80)94(137-102(116)78-52-30-13-31-53-78)90(135-100(114)76-48-26-11-27-49-76)86(133-108)68-126-140(109(4,5)6,81-58-36-16-37-59-81)82-60-38-17-39-61-82/h7-61,83-98,105-108,119H,62-68H2,1-6H3/t83?,84?,85?,86?,87-,88-,89-,90-,91+,92-,93-,94-,95?,96?,97?,98?,105+,106+,107+,108+/m0/s1. The van der Waals surface area contributed by atoms with Gasteiger partial charge in [0.1, 0.15) is 42.7 Å². The lowest BCUT2D eigenvalue weighted by atomic mass is 9.96. The number of benzene rings is 11. The van der Waals surface area contributed by atoms with Gasteiger partial charge in [-0.3, -0.25) is 14.4 Å². The number of carbonyl (C=O) groups is 9. The summed E-state index contributed by atoms with van der Waals surface area (Å²) < 4.78 is 136. The Morgan fingerprint density at radius 3 is 0.793 bits per heavy atom. The summed E-state index contributed by atoms with van der Waals surface area (Å²) in [7, 11) is -3.71. The molecule has 30 nitrogen and oxygen atoms in total. The van der Waals surface area contributed by atoms with Gasteiger partial charge in [-0.1, -0.05) is 282 Å². The molecule has 4 aliphatic heterocycles. The molecule has 4 aliphatic rings. The van der Waals surface area contributed by atoms with Crippen molar-refractivity contribution in [3.63, 3.8) is 0 Å². The van der Waals surface area contributed by atoms with Gasteiger partial charge >= 0.3 is 53.7 Å². The van der Waals surface area contributed by atoms with Gasteiger partial charge < -0.3 is 99.5 Å². The molecule has 4 saturated heterocycles. The average molecular weight is 1930 g/mol. The second-order valence-corrected chi connectivity index (χ2v) is 38.9. The largest absolute Gasteiger partial charge is 0.456 e. The summed E-state index contributed by atoms with van der Waals surface area (Å²) in [6.45, 7) is 6.08. The van der Waals surface area contributed by atoms with Crippen LogP contribution >= 0.6 is 0 Å². The monoisotopic (exact) mass is 1920 g/mol. The molecule has 31 heteroatoms. The Labute approximate surface area is 810 Å². The van der Waals surface area contributed by atoms with Crippen LogP contribution in [0, 0.1) is 0 Å². The summed E-state index contributed by atoms with van der Waals surface area (Å²) >= 11 is 0. The highest BCUT2D eigenvalue weighted by Crippen LogP contribution is 2.42. The van der Waals surface area contributed by atoms with Gasteiger partial charge in [0.2, 0.25) is 0 Å². The molecule has 728 valence electrons. The van der Waals surface area contributed by atoms with Gasteiger partial charge in [0.15, 0.2) is 80.1 Å². The van der Waals surface area contributed by atoms with Gasteiger partial charge in [0.05, 0.1) is 79.6 Å². The molecule has 0 aromatic heterocycles. The third-order valence-corrected chi connectivity index (χ3v) is 28.8. The molecular weight excluding hydrogens is 1820 g/mol. The highest BCUT2D eigenvalue weighted by Gasteiger charge is 2.60. The number of hydrogen-bond acceptors (Lipinski definition) is 30. The Bertz CT molecular complexity index is 5810. The smallest absolute Gasteiger partial charge is 0.338 e. The van der Waals surface area contributed by atoms with Crippen molar-refractivity contribution < 1.29 is 143 Å². The average Bonchev–Trinajstić information content (AvgIpc) is 0.732. The minimum atomic E-state index is -3.71. The highest BCUT2D eigenvalue weighted by atomic mass is 28.4. The molecule has 11 aromatic carbocycles. The molecule has 140 heavy (non-hydrogen) atoms. The molecule has 15 rings (SSSR count). The molecule has 0 amide bonds. The lowest BCUT2D eigenvalue weighted by molar-refractivity contribution is -0.355. The van der Waals surface area contributed by atoms with Gasteiger partial charge in [0.25, 0.3) is 8.32 Å². The number of aliphatic hydroxyl groups excluding tert-OH is 1. The molecule has 0 bridgehead atoms. The van der Waals surface area contributed by atoms with Crippen molar-refractivity contribution in [2.24, 2.45) is 0 Å².